The number of aromatic amines is 1. The van der Waals surface area contributed by atoms with Crippen LogP contribution < -0.4 is 10.5 Å². The van der Waals surface area contributed by atoms with Gasteiger partial charge in [0.1, 0.15) is 0 Å². The Balaban J connectivity index is 2.75. The molecule has 1 aromatic heterocycles. The zero-order valence-electron chi connectivity index (χ0n) is 10.2. The van der Waals surface area contributed by atoms with Gasteiger partial charge in [-0.2, -0.15) is 5.10 Å². The molecular weight excluding hydrogens is 240 g/mol. The minimum Gasteiger partial charge on any atom is -0.326 e. The van der Waals surface area contributed by atoms with Crippen LogP contribution in [0.1, 0.15) is 38.7 Å². The second-order valence-corrected chi connectivity index (χ2v) is 5.74. The lowest BCUT2D eigenvalue weighted by Gasteiger charge is -2.13. The summed E-state index contributed by atoms with van der Waals surface area (Å²) in [6, 6.07) is -0.0890. The van der Waals surface area contributed by atoms with Crippen LogP contribution in [0.25, 0.3) is 0 Å². The zero-order valence-corrected chi connectivity index (χ0v) is 11.0. The quantitative estimate of drug-likeness (QED) is 0.672. The molecule has 0 aliphatic carbocycles. The standard InChI is InChI=1S/C10H20N4O2S/c1-3-4-5-8(2)14-17(15,16)10-9(6-11)7-12-13-10/h7-8,14H,3-6,11H2,1-2H3,(H,12,13). The van der Waals surface area contributed by atoms with Crippen molar-refractivity contribution in [2.24, 2.45) is 5.73 Å². The zero-order chi connectivity index (χ0) is 12.9. The molecule has 0 amide bonds. The Hall–Kier alpha value is -0.920. The van der Waals surface area contributed by atoms with E-state index in [2.05, 4.69) is 21.8 Å². The summed E-state index contributed by atoms with van der Waals surface area (Å²) in [5, 5.41) is 6.26. The van der Waals surface area contributed by atoms with E-state index >= 15 is 0 Å². The van der Waals surface area contributed by atoms with Gasteiger partial charge in [-0.05, 0) is 13.3 Å². The number of H-pyrrole nitrogens is 1. The Kier molecular flexibility index (Phi) is 5.10. The third kappa shape index (κ3) is 3.79. The van der Waals surface area contributed by atoms with Crippen LogP contribution in [0.2, 0.25) is 0 Å². The summed E-state index contributed by atoms with van der Waals surface area (Å²) < 4.78 is 26.6. The third-order valence-corrected chi connectivity index (χ3v) is 4.12. The highest BCUT2D eigenvalue weighted by atomic mass is 32.2. The van der Waals surface area contributed by atoms with Gasteiger partial charge in [0, 0.05) is 18.2 Å². The number of rotatable bonds is 7. The molecule has 1 aromatic rings. The van der Waals surface area contributed by atoms with Gasteiger partial charge in [-0.3, -0.25) is 5.10 Å². The molecular formula is C10H20N4O2S. The van der Waals surface area contributed by atoms with Crippen molar-refractivity contribution in [1.82, 2.24) is 14.9 Å². The lowest BCUT2D eigenvalue weighted by molar-refractivity contribution is 0.530. The number of hydrogen-bond donors (Lipinski definition) is 3. The van der Waals surface area contributed by atoms with Gasteiger partial charge in [0.15, 0.2) is 5.03 Å². The van der Waals surface area contributed by atoms with Crippen molar-refractivity contribution in [3.05, 3.63) is 11.8 Å². The molecule has 0 bridgehead atoms. The first-order valence-electron chi connectivity index (χ1n) is 5.76. The highest BCUT2D eigenvalue weighted by molar-refractivity contribution is 7.89. The summed E-state index contributed by atoms with van der Waals surface area (Å²) in [5.74, 6) is 0. The van der Waals surface area contributed by atoms with Crippen molar-refractivity contribution in [3.8, 4) is 0 Å². The first kappa shape index (κ1) is 14.1. The Bertz CT molecular complexity index is 441. The summed E-state index contributed by atoms with van der Waals surface area (Å²) in [5.41, 5.74) is 5.95. The molecule has 0 fully saturated rings. The highest BCUT2D eigenvalue weighted by Crippen LogP contribution is 2.12. The fraction of sp³-hybridized carbons (Fsp3) is 0.700. The molecule has 0 radical (unpaired) electrons. The van der Waals surface area contributed by atoms with Crippen LogP contribution >= 0.6 is 0 Å². The van der Waals surface area contributed by atoms with Gasteiger partial charge >= 0.3 is 0 Å². The Morgan fingerprint density at radius 2 is 2.29 bits per heavy atom. The van der Waals surface area contributed by atoms with Crippen LogP contribution in [0, 0.1) is 0 Å². The number of sulfonamides is 1. The molecule has 1 atom stereocenters. The van der Waals surface area contributed by atoms with Crippen LogP contribution in [0.3, 0.4) is 0 Å². The maximum absolute atomic E-state index is 12.0. The van der Waals surface area contributed by atoms with E-state index in [-0.39, 0.29) is 17.6 Å². The van der Waals surface area contributed by atoms with Crippen molar-refractivity contribution < 1.29 is 8.42 Å². The third-order valence-electron chi connectivity index (χ3n) is 2.51. The van der Waals surface area contributed by atoms with Crippen molar-refractivity contribution in [3.63, 3.8) is 0 Å². The SMILES string of the molecule is CCCCC(C)NS(=O)(=O)c1[nH]ncc1CN. The first-order chi connectivity index (χ1) is 8.01. The Morgan fingerprint density at radius 3 is 2.88 bits per heavy atom. The molecule has 0 aromatic carbocycles. The summed E-state index contributed by atoms with van der Waals surface area (Å²) in [4.78, 5) is 0. The average molecular weight is 260 g/mol. The summed E-state index contributed by atoms with van der Waals surface area (Å²) in [6.45, 7) is 4.07. The second-order valence-electron chi connectivity index (χ2n) is 4.09. The number of nitrogens with two attached hydrogens (primary N) is 1. The van der Waals surface area contributed by atoms with Gasteiger partial charge < -0.3 is 5.73 Å². The topological polar surface area (TPSA) is 101 Å². The second kappa shape index (κ2) is 6.13. The molecule has 0 saturated carbocycles. The van der Waals surface area contributed by atoms with E-state index in [1.54, 1.807) is 0 Å². The normalized spacial score (nSPS) is 13.8. The predicted molar refractivity (Wildman–Crippen MR) is 65.8 cm³/mol. The van der Waals surface area contributed by atoms with Gasteiger partial charge in [0.05, 0.1) is 6.20 Å². The maximum Gasteiger partial charge on any atom is 0.258 e. The molecule has 4 N–H and O–H groups in total. The predicted octanol–water partition coefficient (Wildman–Crippen LogP) is 0.725. The van der Waals surface area contributed by atoms with Crippen molar-refractivity contribution in [2.45, 2.75) is 50.7 Å². The largest absolute Gasteiger partial charge is 0.326 e. The van der Waals surface area contributed by atoms with E-state index in [4.69, 9.17) is 5.73 Å². The molecule has 1 unspecified atom stereocenters. The number of hydrogen-bond acceptors (Lipinski definition) is 4. The van der Waals surface area contributed by atoms with E-state index in [0.717, 1.165) is 19.3 Å². The summed E-state index contributed by atoms with van der Waals surface area (Å²) in [6.07, 6.45) is 4.30. The van der Waals surface area contributed by atoms with Gasteiger partial charge in [0.2, 0.25) is 0 Å². The van der Waals surface area contributed by atoms with Crippen LogP contribution in [0.4, 0.5) is 0 Å². The Labute approximate surface area is 102 Å². The van der Waals surface area contributed by atoms with Crippen molar-refractivity contribution in [2.75, 3.05) is 0 Å². The van der Waals surface area contributed by atoms with Gasteiger partial charge in [-0.15, -0.1) is 0 Å². The number of nitrogens with zero attached hydrogens (tertiary/aromatic N) is 1. The van der Waals surface area contributed by atoms with Crippen LogP contribution in [-0.4, -0.2) is 24.7 Å². The van der Waals surface area contributed by atoms with Crippen molar-refractivity contribution >= 4 is 10.0 Å². The van der Waals surface area contributed by atoms with Crippen LogP contribution in [0.5, 0.6) is 0 Å². The number of unbranched alkanes of at least 4 members (excludes halogenated alkanes) is 1. The van der Waals surface area contributed by atoms with Gasteiger partial charge in [-0.25, -0.2) is 13.1 Å². The number of aromatic nitrogens is 2. The maximum atomic E-state index is 12.0. The van der Waals surface area contributed by atoms with Gasteiger partial charge in [-0.1, -0.05) is 19.8 Å². The van der Waals surface area contributed by atoms with Crippen LogP contribution in [-0.2, 0) is 16.6 Å². The minimum atomic E-state index is -3.54. The van der Waals surface area contributed by atoms with E-state index in [1.165, 1.54) is 6.20 Å². The average Bonchev–Trinajstić information content (AvgIpc) is 2.74. The lowest BCUT2D eigenvalue weighted by atomic mass is 10.2. The molecule has 0 aliphatic heterocycles. The Morgan fingerprint density at radius 1 is 1.59 bits per heavy atom. The highest BCUT2D eigenvalue weighted by Gasteiger charge is 2.21. The fourth-order valence-electron chi connectivity index (χ4n) is 1.57. The molecule has 6 nitrogen and oxygen atoms in total. The van der Waals surface area contributed by atoms with Gasteiger partial charge in [0.25, 0.3) is 10.0 Å². The monoisotopic (exact) mass is 260 g/mol. The molecule has 1 rings (SSSR count). The van der Waals surface area contributed by atoms with E-state index < -0.39 is 10.0 Å². The summed E-state index contributed by atoms with van der Waals surface area (Å²) >= 11 is 0. The molecule has 17 heavy (non-hydrogen) atoms. The number of nitrogens with one attached hydrogen (secondary N) is 2. The fourth-order valence-corrected chi connectivity index (χ4v) is 2.99. The smallest absolute Gasteiger partial charge is 0.258 e. The molecule has 1 heterocycles. The van der Waals surface area contributed by atoms with E-state index in [9.17, 15) is 8.42 Å². The van der Waals surface area contributed by atoms with E-state index in [1.807, 2.05) is 6.92 Å². The minimum absolute atomic E-state index is 0.0725. The van der Waals surface area contributed by atoms with E-state index in [0.29, 0.717) is 5.56 Å². The molecule has 0 saturated heterocycles. The molecule has 0 spiro atoms. The molecule has 0 aliphatic rings. The van der Waals surface area contributed by atoms with Crippen molar-refractivity contribution in [1.29, 1.82) is 0 Å². The lowest BCUT2D eigenvalue weighted by Crippen LogP contribution is -2.33. The van der Waals surface area contributed by atoms with Crippen LogP contribution in [0.15, 0.2) is 11.2 Å². The molecule has 7 heteroatoms. The summed E-state index contributed by atoms with van der Waals surface area (Å²) in [7, 11) is -3.54. The molecule has 98 valence electrons. The first-order valence-corrected chi connectivity index (χ1v) is 7.24.